The monoisotopic (exact) mass is 266 g/mol. The van der Waals surface area contributed by atoms with Crippen LogP contribution in [0.25, 0.3) is 0 Å². The molecular weight excluding hydrogens is 247 g/mol. The van der Waals surface area contributed by atoms with Gasteiger partial charge in [0.25, 0.3) is 5.69 Å². The van der Waals surface area contributed by atoms with Crippen molar-refractivity contribution in [1.29, 1.82) is 0 Å². The highest BCUT2D eigenvalue weighted by molar-refractivity contribution is 5.35. The molecule has 0 atom stereocenters. The van der Waals surface area contributed by atoms with Gasteiger partial charge in [-0.25, -0.2) is 4.39 Å². The van der Waals surface area contributed by atoms with E-state index in [9.17, 15) is 14.5 Å². The Morgan fingerprint density at radius 2 is 2.16 bits per heavy atom. The van der Waals surface area contributed by atoms with Gasteiger partial charge in [-0.05, 0) is 36.3 Å². The summed E-state index contributed by atoms with van der Waals surface area (Å²) in [6.07, 6.45) is 4.88. The summed E-state index contributed by atoms with van der Waals surface area (Å²) in [5, 5.41) is 13.9. The maximum Gasteiger partial charge on any atom is 0.272 e. The lowest BCUT2D eigenvalue weighted by molar-refractivity contribution is -0.385. The topological polar surface area (TPSA) is 55.2 Å². The second kappa shape index (κ2) is 5.65. The van der Waals surface area contributed by atoms with E-state index in [1.165, 1.54) is 37.8 Å². The summed E-state index contributed by atoms with van der Waals surface area (Å²) in [6, 6.07) is 3.72. The Balaban J connectivity index is 1.91. The zero-order valence-corrected chi connectivity index (χ0v) is 11.1. The molecule has 1 saturated carbocycles. The van der Waals surface area contributed by atoms with E-state index in [4.69, 9.17) is 0 Å². The van der Waals surface area contributed by atoms with Crippen molar-refractivity contribution < 1.29 is 9.31 Å². The zero-order valence-electron chi connectivity index (χ0n) is 11.1. The summed E-state index contributed by atoms with van der Waals surface area (Å²) < 4.78 is 13.3. The molecule has 0 heterocycles. The van der Waals surface area contributed by atoms with Crippen LogP contribution in [0.3, 0.4) is 0 Å². The number of benzene rings is 1. The lowest BCUT2D eigenvalue weighted by atomic mass is 10.0. The number of nitrogens with zero attached hydrogens (tertiary/aromatic N) is 1. The van der Waals surface area contributed by atoms with Crippen LogP contribution in [0.4, 0.5) is 10.1 Å². The summed E-state index contributed by atoms with van der Waals surface area (Å²) in [5.41, 5.74) is 0.860. The number of rotatable bonds is 7. The maximum absolute atomic E-state index is 13.3. The highest BCUT2D eigenvalue weighted by Gasteiger charge is 2.40. The van der Waals surface area contributed by atoms with Gasteiger partial charge in [-0.2, -0.15) is 0 Å². The number of nitro groups is 1. The van der Waals surface area contributed by atoms with Gasteiger partial charge in [0.2, 0.25) is 0 Å². The van der Waals surface area contributed by atoms with Crippen molar-refractivity contribution in [2.45, 2.75) is 39.2 Å². The zero-order chi connectivity index (χ0) is 13.9. The van der Waals surface area contributed by atoms with E-state index in [0.29, 0.717) is 17.5 Å². The molecule has 4 nitrogen and oxygen atoms in total. The van der Waals surface area contributed by atoms with Crippen LogP contribution in [0, 0.1) is 21.3 Å². The number of hydrogen-bond donors (Lipinski definition) is 1. The summed E-state index contributed by atoms with van der Waals surface area (Å²) in [7, 11) is 0. The number of halogens is 1. The van der Waals surface area contributed by atoms with E-state index in [1.54, 1.807) is 0 Å². The van der Waals surface area contributed by atoms with Crippen LogP contribution in [0.1, 0.15) is 38.2 Å². The van der Waals surface area contributed by atoms with Gasteiger partial charge in [-0.1, -0.05) is 13.3 Å². The van der Waals surface area contributed by atoms with E-state index >= 15 is 0 Å². The molecule has 0 bridgehead atoms. The fourth-order valence-electron chi connectivity index (χ4n) is 2.54. The lowest BCUT2D eigenvalue weighted by Crippen LogP contribution is -2.23. The number of nitrogens with one attached hydrogen (secondary N) is 1. The molecular formula is C14H19FN2O2. The largest absolute Gasteiger partial charge is 0.312 e. The van der Waals surface area contributed by atoms with Crippen LogP contribution in [0.2, 0.25) is 0 Å². The Morgan fingerprint density at radius 3 is 2.74 bits per heavy atom. The molecule has 1 N–H and O–H groups in total. The molecule has 1 aromatic carbocycles. The minimum Gasteiger partial charge on any atom is -0.312 e. The van der Waals surface area contributed by atoms with Crippen LogP contribution in [0.5, 0.6) is 0 Å². The van der Waals surface area contributed by atoms with E-state index in [2.05, 4.69) is 12.2 Å². The average molecular weight is 266 g/mol. The summed E-state index contributed by atoms with van der Waals surface area (Å²) in [6.45, 7) is 3.56. The van der Waals surface area contributed by atoms with Crippen molar-refractivity contribution in [1.82, 2.24) is 5.32 Å². The average Bonchev–Trinajstić information content (AvgIpc) is 3.09. The molecule has 1 aromatic rings. The second-order valence-corrected chi connectivity index (χ2v) is 5.43. The molecule has 0 amide bonds. The third kappa shape index (κ3) is 3.73. The van der Waals surface area contributed by atoms with E-state index < -0.39 is 10.7 Å². The van der Waals surface area contributed by atoms with Crippen LogP contribution in [-0.4, -0.2) is 11.5 Å². The summed E-state index contributed by atoms with van der Waals surface area (Å²) >= 11 is 0. The SMILES string of the molecule is CCCC1(CNCc2cc(F)cc([N+](=O)[O-])c2)CC1. The molecule has 0 radical (unpaired) electrons. The Kier molecular flexibility index (Phi) is 4.14. The van der Waals surface area contributed by atoms with Crippen LogP contribution < -0.4 is 5.32 Å². The molecule has 1 aliphatic carbocycles. The summed E-state index contributed by atoms with van der Waals surface area (Å²) in [5.74, 6) is -0.555. The van der Waals surface area contributed by atoms with Crippen molar-refractivity contribution in [2.24, 2.45) is 5.41 Å². The Labute approximate surface area is 112 Å². The van der Waals surface area contributed by atoms with E-state index in [0.717, 1.165) is 12.6 Å². The first kappa shape index (κ1) is 13.9. The van der Waals surface area contributed by atoms with Gasteiger partial charge >= 0.3 is 0 Å². The molecule has 5 heteroatoms. The quantitative estimate of drug-likeness (QED) is 0.608. The Bertz CT molecular complexity index is 473. The van der Waals surface area contributed by atoms with Crippen molar-refractivity contribution in [2.75, 3.05) is 6.54 Å². The minimum atomic E-state index is -0.563. The van der Waals surface area contributed by atoms with Crippen molar-refractivity contribution in [3.63, 3.8) is 0 Å². The van der Waals surface area contributed by atoms with Crippen LogP contribution >= 0.6 is 0 Å². The maximum atomic E-state index is 13.3. The van der Waals surface area contributed by atoms with Gasteiger partial charge in [-0.3, -0.25) is 10.1 Å². The van der Waals surface area contributed by atoms with Crippen molar-refractivity contribution in [3.05, 3.63) is 39.7 Å². The molecule has 0 unspecified atom stereocenters. The normalized spacial score (nSPS) is 16.3. The van der Waals surface area contributed by atoms with Crippen LogP contribution in [-0.2, 0) is 6.54 Å². The van der Waals surface area contributed by atoms with Crippen molar-refractivity contribution in [3.8, 4) is 0 Å². The fraction of sp³-hybridized carbons (Fsp3) is 0.571. The van der Waals surface area contributed by atoms with Gasteiger partial charge in [0.1, 0.15) is 5.82 Å². The lowest BCUT2D eigenvalue weighted by Gasteiger charge is -2.14. The second-order valence-electron chi connectivity index (χ2n) is 5.43. The third-order valence-electron chi connectivity index (χ3n) is 3.72. The molecule has 0 aromatic heterocycles. The Morgan fingerprint density at radius 1 is 1.42 bits per heavy atom. The fourth-order valence-corrected chi connectivity index (χ4v) is 2.54. The molecule has 1 aliphatic rings. The molecule has 0 aliphatic heterocycles. The molecule has 0 saturated heterocycles. The van der Waals surface area contributed by atoms with Gasteiger partial charge in [-0.15, -0.1) is 0 Å². The molecule has 1 fully saturated rings. The smallest absolute Gasteiger partial charge is 0.272 e. The van der Waals surface area contributed by atoms with E-state index in [1.807, 2.05) is 0 Å². The first-order valence-electron chi connectivity index (χ1n) is 6.69. The van der Waals surface area contributed by atoms with Crippen LogP contribution in [0.15, 0.2) is 18.2 Å². The molecule has 0 spiro atoms. The van der Waals surface area contributed by atoms with E-state index in [-0.39, 0.29) is 5.69 Å². The highest BCUT2D eigenvalue weighted by Crippen LogP contribution is 2.48. The van der Waals surface area contributed by atoms with Crippen molar-refractivity contribution >= 4 is 5.69 Å². The van der Waals surface area contributed by atoms with Gasteiger partial charge in [0.05, 0.1) is 11.0 Å². The summed E-state index contributed by atoms with van der Waals surface area (Å²) in [4.78, 5) is 10.1. The molecule has 104 valence electrons. The molecule has 19 heavy (non-hydrogen) atoms. The van der Waals surface area contributed by atoms with Gasteiger partial charge in [0.15, 0.2) is 0 Å². The van der Waals surface area contributed by atoms with Gasteiger partial charge in [0, 0.05) is 19.2 Å². The number of nitro benzene ring substituents is 1. The highest BCUT2D eigenvalue weighted by atomic mass is 19.1. The number of non-ortho nitro benzene ring substituents is 1. The predicted molar refractivity (Wildman–Crippen MR) is 71.3 cm³/mol. The Hall–Kier alpha value is -1.49. The predicted octanol–water partition coefficient (Wildman–Crippen LogP) is 3.40. The third-order valence-corrected chi connectivity index (χ3v) is 3.72. The first-order chi connectivity index (χ1) is 9.04. The van der Waals surface area contributed by atoms with Gasteiger partial charge < -0.3 is 5.32 Å². The standard InChI is InChI=1S/C14H19FN2O2/c1-2-3-14(4-5-14)10-16-9-11-6-12(15)8-13(7-11)17(18)19/h6-8,16H,2-5,9-10H2,1H3. The molecule has 2 rings (SSSR count). The number of hydrogen-bond acceptors (Lipinski definition) is 3. The first-order valence-corrected chi connectivity index (χ1v) is 6.69. The minimum absolute atomic E-state index is 0.188.